The molecule has 1 aromatic heterocycles. The van der Waals surface area contributed by atoms with Crippen molar-refractivity contribution in [1.29, 1.82) is 0 Å². The van der Waals surface area contributed by atoms with Gasteiger partial charge in [-0.15, -0.1) is 0 Å². The molecule has 106 valence electrons. The van der Waals surface area contributed by atoms with Crippen molar-refractivity contribution in [3.63, 3.8) is 0 Å². The van der Waals surface area contributed by atoms with Crippen molar-refractivity contribution in [2.24, 2.45) is 0 Å². The number of oxazole rings is 1. The van der Waals surface area contributed by atoms with Crippen LogP contribution < -0.4 is 15.1 Å². The highest BCUT2D eigenvalue weighted by Gasteiger charge is 2.15. The Kier molecular flexibility index (Phi) is 4.65. The van der Waals surface area contributed by atoms with Gasteiger partial charge in [0, 0.05) is 6.07 Å². The minimum Gasteiger partial charge on any atom is -0.496 e. The molecule has 2 aromatic rings. The summed E-state index contributed by atoms with van der Waals surface area (Å²) < 4.78 is 24.3. The molecule has 8 heteroatoms. The van der Waals surface area contributed by atoms with Crippen LogP contribution in [0.5, 0.6) is 5.75 Å². The summed E-state index contributed by atoms with van der Waals surface area (Å²) in [5.74, 6) is -0.204. The van der Waals surface area contributed by atoms with E-state index in [-0.39, 0.29) is 18.1 Å². The van der Waals surface area contributed by atoms with Gasteiger partial charge in [0.05, 0.1) is 31.1 Å². The summed E-state index contributed by atoms with van der Waals surface area (Å²) in [6.45, 7) is 0.0519. The molecule has 2 N–H and O–H groups in total. The van der Waals surface area contributed by atoms with E-state index in [1.807, 2.05) is 0 Å². The van der Waals surface area contributed by atoms with Gasteiger partial charge >= 0.3 is 0 Å². The molecule has 0 spiro atoms. The van der Waals surface area contributed by atoms with Gasteiger partial charge in [0.1, 0.15) is 11.6 Å². The Bertz CT molecular complexity index is 604. The molecule has 2 rings (SSSR count). The van der Waals surface area contributed by atoms with Crippen LogP contribution in [-0.4, -0.2) is 24.5 Å². The summed E-state index contributed by atoms with van der Waals surface area (Å²) in [6, 6.07) is 2.62. The van der Waals surface area contributed by atoms with Crippen LogP contribution in [0.15, 0.2) is 29.1 Å². The van der Waals surface area contributed by atoms with E-state index in [0.29, 0.717) is 17.1 Å². The summed E-state index contributed by atoms with van der Waals surface area (Å²) in [7, 11) is 3.64. The fourth-order valence-electron chi connectivity index (χ4n) is 1.65. The van der Waals surface area contributed by atoms with Crippen molar-refractivity contribution in [3.8, 4) is 17.1 Å². The highest BCUT2D eigenvalue weighted by Crippen LogP contribution is 2.34. The van der Waals surface area contributed by atoms with Gasteiger partial charge in [0.15, 0.2) is 12.2 Å². The van der Waals surface area contributed by atoms with Crippen molar-refractivity contribution < 1.29 is 18.3 Å². The molecule has 1 amide bonds. The maximum Gasteiger partial charge on any atom is 0.238 e. The standard InChI is InChI=1S/C12H13FN3O3P/c1-18-10-3-9(16-12(17)5-15-20)8(13)2-7(10)11-4-14-6-19-11/h2-4,6,15H,5,20H2,1H3,(H,16,17). The van der Waals surface area contributed by atoms with Crippen LogP contribution in [0.2, 0.25) is 0 Å². The van der Waals surface area contributed by atoms with Gasteiger partial charge in [0.2, 0.25) is 5.91 Å². The topological polar surface area (TPSA) is 76.4 Å². The number of benzene rings is 1. The summed E-state index contributed by atoms with van der Waals surface area (Å²) >= 11 is 0. The minimum atomic E-state index is -0.589. The van der Waals surface area contributed by atoms with Gasteiger partial charge < -0.3 is 14.5 Å². The summed E-state index contributed by atoms with van der Waals surface area (Å²) in [5.41, 5.74) is 0.458. The predicted octanol–water partition coefficient (Wildman–Crippen LogP) is 1.81. The first-order chi connectivity index (χ1) is 9.65. The number of hydrogen-bond acceptors (Lipinski definition) is 5. The molecule has 0 saturated carbocycles. The third kappa shape index (κ3) is 3.12. The van der Waals surface area contributed by atoms with E-state index in [1.54, 1.807) is 0 Å². The van der Waals surface area contributed by atoms with Gasteiger partial charge in [-0.1, -0.05) is 9.39 Å². The maximum absolute atomic E-state index is 14.0. The number of methoxy groups -OCH3 is 1. The summed E-state index contributed by atoms with van der Waals surface area (Å²) in [5, 5.41) is 5.04. The molecule has 1 heterocycles. The SMILES string of the molecule is COc1cc(NC(=O)CNP)c(F)cc1-c1cnco1. The molecular weight excluding hydrogens is 284 g/mol. The molecule has 1 unspecified atom stereocenters. The molecule has 1 atom stereocenters. The van der Waals surface area contributed by atoms with Crippen molar-refractivity contribution >= 4 is 21.0 Å². The molecule has 0 aliphatic heterocycles. The van der Waals surface area contributed by atoms with E-state index in [2.05, 4.69) is 24.8 Å². The van der Waals surface area contributed by atoms with E-state index in [0.717, 1.165) is 0 Å². The normalized spacial score (nSPS) is 10.3. The fourth-order valence-corrected chi connectivity index (χ4v) is 1.83. The van der Waals surface area contributed by atoms with Crippen molar-refractivity contribution in [1.82, 2.24) is 10.1 Å². The second-order valence-corrected chi connectivity index (χ2v) is 4.24. The lowest BCUT2D eigenvalue weighted by molar-refractivity contribution is -0.115. The lowest BCUT2D eigenvalue weighted by Crippen LogP contribution is -2.22. The molecule has 0 bridgehead atoms. The van der Waals surface area contributed by atoms with Crippen LogP contribution in [0, 0.1) is 5.82 Å². The van der Waals surface area contributed by atoms with Gasteiger partial charge in [-0.05, 0) is 6.07 Å². The lowest BCUT2D eigenvalue weighted by Gasteiger charge is -2.11. The zero-order chi connectivity index (χ0) is 14.5. The average Bonchev–Trinajstić information content (AvgIpc) is 2.94. The van der Waals surface area contributed by atoms with Crippen molar-refractivity contribution in [2.75, 3.05) is 19.0 Å². The first-order valence-electron chi connectivity index (χ1n) is 5.65. The van der Waals surface area contributed by atoms with Crippen LogP contribution in [-0.2, 0) is 4.79 Å². The minimum absolute atomic E-state index is 0.0374. The van der Waals surface area contributed by atoms with Crippen LogP contribution >= 0.6 is 9.39 Å². The first-order valence-corrected chi connectivity index (χ1v) is 6.23. The zero-order valence-electron chi connectivity index (χ0n) is 10.6. The average molecular weight is 297 g/mol. The number of nitrogens with one attached hydrogen (secondary N) is 2. The molecule has 0 saturated heterocycles. The third-order valence-corrected chi connectivity index (χ3v) is 2.73. The van der Waals surface area contributed by atoms with Crippen LogP contribution in [0.4, 0.5) is 10.1 Å². The monoisotopic (exact) mass is 297 g/mol. The quantitative estimate of drug-likeness (QED) is 0.823. The Balaban J connectivity index is 2.35. The molecule has 0 radical (unpaired) electrons. The van der Waals surface area contributed by atoms with Crippen LogP contribution in [0.25, 0.3) is 11.3 Å². The number of anilines is 1. The largest absolute Gasteiger partial charge is 0.496 e. The molecule has 20 heavy (non-hydrogen) atoms. The highest BCUT2D eigenvalue weighted by atomic mass is 31.0. The maximum atomic E-state index is 14.0. The molecule has 0 fully saturated rings. The third-order valence-electron chi connectivity index (χ3n) is 2.52. The van der Waals surface area contributed by atoms with E-state index in [9.17, 15) is 9.18 Å². The molecule has 1 aromatic carbocycles. The Morgan fingerprint density at radius 2 is 2.35 bits per heavy atom. The Labute approximate surface area is 117 Å². The number of amides is 1. The summed E-state index contributed by atoms with van der Waals surface area (Å²) in [6.07, 6.45) is 2.70. The number of carbonyl (C=O) groups is 1. The smallest absolute Gasteiger partial charge is 0.238 e. The number of halogens is 1. The van der Waals surface area contributed by atoms with E-state index in [1.165, 1.54) is 31.8 Å². The second kappa shape index (κ2) is 6.45. The lowest BCUT2D eigenvalue weighted by atomic mass is 10.1. The number of rotatable bonds is 5. The van der Waals surface area contributed by atoms with Crippen molar-refractivity contribution in [3.05, 3.63) is 30.5 Å². The molecule has 0 aliphatic carbocycles. The van der Waals surface area contributed by atoms with Gasteiger partial charge in [-0.2, -0.15) is 0 Å². The molecular formula is C12H13FN3O3P. The fraction of sp³-hybridized carbons (Fsp3) is 0.167. The number of hydrogen-bond donors (Lipinski definition) is 2. The van der Waals surface area contributed by atoms with E-state index in [4.69, 9.17) is 9.15 Å². The van der Waals surface area contributed by atoms with Crippen LogP contribution in [0.3, 0.4) is 0 Å². The zero-order valence-corrected chi connectivity index (χ0v) is 11.8. The van der Waals surface area contributed by atoms with Crippen LogP contribution in [0.1, 0.15) is 0 Å². The second-order valence-electron chi connectivity index (χ2n) is 3.83. The van der Waals surface area contributed by atoms with E-state index < -0.39 is 5.82 Å². The Morgan fingerprint density at radius 1 is 1.55 bits per heavy atom. The Morgan fingerprint density at radius 3 is 2.95 bits per heavy atom. The Hall–Kier alpha value is -1.98. The van der Waals surface area contributed by atoms with Gasteiger partial charge in [-0.25, -0.2) is 9.37 Å². The summed E-state index contributed by atoms with van der Waals surface area (Å²) in [4.78, 5) is 15.2. The predicted molar refractivity (Wildman–Crippen MR) is 74.8 cm³/mol. The molecule has 6 nitrogen and oxygen atoms in total. The van der Waals surface area contributed by atoms with Gasteiger partial charge in [-0.3, -0.25) is 9.88 Å². The van der Waals surface area contributed by atoms with E-state index >= 15 is 0 Å². The van der Waals surface area contributed by atoms with Crippen molar-refractivity contribution in [2.45, 2.75) is 0 Å². The highest BCUT2D eigenvalue weighted by molar-refractivity contribution is 7.13. The number of ether oxygens (including phenoxy) is 1. The molecule has 0 aliphatic rings. The number of carbonyl (C=O) groups excluding carboxylic acids is 1. The van der Waals surface area contributed by atoms with Gasteiger partial charge in [0.25, 0.3) is 0 Å². The first kappa shape index (κ1) is 14.4. The number of nitrogens with zero attached hydrogens (tertiary/aromatic N) is 1. The number of aromatic nitrogens is 1.